The minimum atomic E-state index is -0.0707. The third-order valence-electron chi connectivity index (χ3n) is 5.13. The highest BCUT2D eigenvalue weighted by molar-refractivity contribution is 7.23. The van der Waals surface area contributed by atoms with Gasteiger partial charge in [-0.2, -0.15) is 0 Å². The first-order chi connectivity index (χ1) is 15.0. The minimum Gasteiger partial charge on any atom is -0.494 e. The Kier molecular flexibility index (Phi) is 6.41. The third-order valence-corrected chi connectivity index (χ3v) is 6.67. The number of ether oxygens (including phenoxy) is 1. The van der Waals surface area contributed by atoms with E-state index in [1.165, 1.54) is 11.3 Å². The van der Waals surface area contributed by atoms with E-state index >= 15 is 0 Å². The van der Waals surface area contributed by atoms with Crippen LogP contribution in [0.25, 0.3) is 21.0 Å². The summed E-state index contributed by atoms with van der Waals surface area (Å²) in [5.74, 6) is 0.576. The molecule has 0 bridgehead atoms. The first-order valence-electron chi connectivity index (χ1n) is 10.1. The summed E-state index contributed by atoms with van der Waals surface area (Å²) in [6, 6.07) is 17.4. The quantitative estimate of drug-likeness (QED) is 0.359. The van der Waals surface area contributed by atoms with Gasteiger partial charge in [0.1, 0.15) is 11.3 Å². The number of carbonyl (C=O) groups is 1. The molecule has 7 heteroatoms. The number of benzene rings is 3. The predicted octanol–water partition coefficient (Wildman–Crippen LogP) is 5.71. The van der Waals surface area contributed by atoms with Crippen LogP contribution in [0.2, 0.25) is 5.02 Å². The average Bonchev–Trinajstić information content (AvgIpc) is 3.22. The molecule has 1 heterocycles. The van der Waals surface area contributed by atoms with E-state index in [1.807, 2.05) is 56.6 Å². The maximum Gasteiger partial charge on any atom is 0.260 e. The van der Waals surface area contributed by atoms with Gasteiger partial charge in [0.2, 0.25) is 0 Å². The van der Waals surface area contributed by atoms with Gasteiger partial charge in [-0.05, 0) is 62.1 Å². The van der Waals surface area contributed by atoms with Gasteiger partial charge in [-0.15, -0.1) is 0 Å². The molecule has 0 aliphatic heterocycles. The van der Waals surface area contributed by atoms with E-state index in [2.05, 4.69) is 4.90 Å². The largest absolute Gasteiger partial charge is 0.494 e. The number of hydrogen-bond donors (Lipinski definition) is 0. The number of hydrogen-bond acceptors (Lipinski definition) is 5. The predicted molar refractivity (Wildman–Crippen MR) is 130 cm³/mol. The van der Waals surface area contributed by atoms with Gasteiger partial charge in [-0.1, -0.05) is 53.3 Å². The zero-order chi connectivity index (χ0) is 22.0. The highest BCUT2D eigenvalue weighted by atomic mass is 35.5. The second-order valence-corrected chi connectivity index (χ2v) is 8.98. The number of rotatable bonds is 7. The number of fused-ring (bicyclic) bond motifs is 2. The topological polar surface area (TPSA) is 45.7 Å². The van der Waals surface area contributed by atoms with E-state index in [0.717, 1.165) is 28.4 Å². The lowest BCUT2D eigenvalue weighted by Crippen LogP contribution is -2.33. The van der Waals surface area contributed by atoms with Crippen LogP contribution in [0.15, 0.2) is 54.6 Å². The summed E-state index contributed by atoms with van der Waals surface area (Å²) in [5.41, 5.74) is 1.32. The molecule has 0 fully saturated rings. The fraction of sp³-hybridized carbons (Fsp3) is 0.250. The Hall–Kier alpha value is -2.67. The maximum absolute atomic E-state index is 13.6. The van der Waals surface area contributed by atoms with E-state index in [9.17, 15) is 4.79 Å². The van der Waals surface area contributed by atoms with E-state index in [1.54, 1.807) is 24.1 Å². The molecule has 0 aliphatic carbocycles. The van der Waals surface area contributed by atoms with Crippen molar-refractivity contribution in [3.63, 3.8) is 0 Å². The van der Waals surface area contributed by atoms with Gasteiger partial charge in [0, 0.05) is 12.1 Å². The molecule has 4 rings (SSSR count). The highest BCUT2D eigenvalue weighted by Gasteiger charge is 2.23. The van der Waals surface area contributed by atoms with Gasteiger partial charge in [0.25, 0.3) is 5.91 Å². The summed E-state index contributed by atoms with van der Waals surface area (Å²) in [6.45, 7) is 1.43. The lowest BCUT2D eigenvalue weighted by Gasteiger charge is -2.21. The van der Waals surface area contributed by atoms with Crippen molar-refractivity contribution in [1.29, 1.82) is 0 Å². The molecular formula is C24H24ClN3O2S. The van der Waals surface area contributed by atoms with Crippen LogP contribution in [0.5, 0.6) is 5.75 Å². The lowest BCUT2D eigenvalue weighted by molar-refractivity contribution is 0.0986. The second kappa shape index (κ2) is 9.22. The number of carbonyl (C=O) groups excluding carboxylic acids is 1. The Morgan fingerprint density at radius 1 is 1.06 bits per heavy atom. The molecule has 0 N–H and O–H groups in total. The number of amides is 1. The van der Waals surface area contributed by atoms with Crippen molar-refractivity contribution in [2.24, 2.45) is 0 Å². The van der Waals surface area contributed by atoms with Gasteiger partial charge in [-0.3, -0.25) is 9.69 Å². The molecule has 31 heavy (non-hydrogen) atoms. The standard InChI is InChI=1S/C24H24ClN3O2S/c1-27(2)13-6-14-28(23(29)18-10-9-16-7-4-5-8-17(16)15-18)24-26-21-20(30-3)12-11-19(25)22(21)31-24/h4-5,7-12,15H,6,13-14H2,1-3H3. The van der Waals surface area contributed by atoms with E-state index in [4.69, 9.17) is 21.3 Å². The van der Waals surface area contributed by atoms with Crippen LogP contribution in [0.1, 0.15) is 16.8 Å². The van der Waals surface area contributed by atoms with E-state index in [-0.39, 0.29) is 5.91 Å². The van der Waals surface area contributed by atoms with Crippen LogP contribution < -0.4 is 9.64 Å². The zero-order valence-electron chi connectivity index (χ0n) is 17.8. The van der Waals surface area contributed by atoms with E-state index in [0.29, 0.717) is 33.5 Å². The first kappa shape index (κ1) is 21.6. The zero-order valence-corrected chi connectivity index (χ0v) is 19.3. The summed E-state index contributed by atoms with van der Waals surface area (Å²) < 4.78 is 6.28. The molecule has 0 radical (unpaired) electrons. The Labute approximate surface area is 190 Å². The molecule has 0 unspecified atom stereocenters. The molecule has 160 valence electrons. The third kappa shape index (κ3) is 4.51. The Bertz CT molecular complexity index is 1240. The molecule has 4 aromatic rings. The van der Waals surface area contributed by atoms with Crippen LogP contribution in [-0.4, -0.2) is 50.1 Å². The summed E-state index contributed by atoms with van der Waals surface area (Å²) in [6.07, 6.45) is 0.827. The van der Waals surface area contributed by atoms with Gasteiger partial charge < -0.3 is 9.64 Å². The average molecular weight is 454 g/mol. The van der Waals surface area contributed by atoms with Gasteiger partial charge in [-0.25, -0.2) is 4.98 Å². The summed E-state index contributed by atoms with van der Waals surface area (Å²) >= 11 is 7.83. The van der Waals surface area contributed by atoms with Crippen LogP contribution in [0.4, 0.5) is 5.13 Å². The number of thiazole rings is 1. The molecule has 0 saturated heterocycles. The molecule has 0 atom stereocenters. The Morgan fingerprint density at radius 3 is 2.58 bits per heavy atom. The van der Waals surface area contributed by atoms with Crippen molar-refractivity contribution in [2.75, 3.05) is 39.2 Å². The van der Waals surface area contributed by atoms with Crippen LogP contribution in [0.3, 0.4) is 0 Å². The Balaban J connectivity index is 1.75. The van der Waals surface area contributed by atoms with Crippen molar-refractivity contribution >= 4 is 55.0 Å². The normalized spacial score (nSPS) is 11.4. The molecule has 1 amide bonds. The first-order valence-corrected chi connectivity index (χ1v) is 11.3. The van der Waals surface area contributed by atoms with Crippen molar-refractivity contribution in [3.8, 4) is 5.75 Å². The number of halogens is 1. The highest BCUT2D eigenvalue weighted by Crippen LogP contribution is 2.39. The van der Waals surface area contributed by atoms with Crippen LogP contribution >= 0.6 is 22.9 Å². The summed E-state index contributed by atoms with van der Waals surface area (Å²) in [7, 11) is 5.66. The summed E-state index contributed by atoms with van der Waals surface area (Å²) in [4.78, 5) is 22.2. The van der Waals surface area contributed by atoms with E-state index < -0.39 is 0 Å². The monoisotopic (exact) mass is 453 g/mol. The number of nitrogens with zero attached hydrogens (tertiary/aromatic N) is 3. The lowest BCUT2D eigenvalue weighted by atomic mass is 10.1. The van der Waals surface area contributed by atoms with Crippen molar-refractivity contribution < 1.29 is 9.53 Å². The van der Waals surface area contributed by atoms with Crippen molar-refractivity contribution in [3.05, 3.63) is 65.2 Å². The van der Waals surface area contributed by atoms with Crippen molar-refractivity contribution in [1.82, 2.24) is 9.88 Å². The number of aromatic nitrogens is 1. The molecule has 0 aliphatic rings. The van der Waals surface area contributed by atoms with Gasteiger partial charge in [0.05, 0.1) is 16.8 Å². The molecule has 5 nitrogen and oxygen atoms in total. The maximum atomic E-state index is 13.6. The molecule has 0 spiro atoms. The SMILES string of the molecule is COc1ccc(Cl)c2sc(N(CCCN(C)C)C(=O)c3ccc4ccccc4c3)nc12. The van der Waals surface area contributed by atoms with Gasteiger partial charge in [0.15, 0.2) is 5.13 Å². The Morgan fingerprint density at radius 2 is 1.84 bits per heavy atom. The second-order valence-electron chi connectivity index (χ2n) is 7.60. The molecule has 1 aromatic heterocycles. The fourth-order valence-corrected chi connectivity index (χ4v) is 4.81. The summed E-state index contributed by atoms with van der Waals surface area (Å²) in [5, 5.41) is 3.37. The fourth-order valence-electron chi connectivity index (χ4n) is 3.53. The van der Waals surface area contributed by atoms with Gasteiger partial charge >= 0.3 is 0 Å². The number of methoxy groups -OCH3 is 1. The van der Waals surface area contributed by atoms with Crippen LogP contribution in [0, 0.1) is 0 Å². The van der Waals surface area contributed by atoms with Crippen LogP contribution in [-0.2, 0) is 0 Å². The number of anilines is 1. The molecule has 0 saturated carbocycles. The smallest absolute Gasteiger partial charge is 0.260 e. The molecular weight excluding hydrogens is 430 g/mol. The minimum absolute atomic E-state index is 0.0707. The molecule has 3 aromatic carbocycles. The van der Waals surface area contributed by atoms with Crippen molar-refractivity contribution in [2.45, 2.75) is 6.42 Å².